The van der Waals surface area contributed by atoms with Crippen LogP contribution >= 0.6 is 0 Å². The Morgan fingerprint density at radius 1 is 1.12 bits per heavy atom. The van der Waals surface area contributed by atoms with E-state index in [1.165, 1.54) is 4.68 Å². The van der Waals surface area contributed by atoms with E-state index in [-0.39, 0.29) is 11.6 Å². The van der Waals surface area contributed by atoms with Crippen molar-refractivity contribution in [2.24, 2.45) is 0 Å². The van der Waals surface area contributed by atoms with E-state index >= 15 is 0 Å². The average molecular weight is 328 g/mol. The molecule has 0 amide bonds. The molecule has 0 atom stereocenters. The Morgan fingerprint density at radius 2 is 1.96 bits per heavy atom. The average Bonchev–Trinajstić information content (AvgIpc) is 3.00. The van der Waals surface area contributed by atoms with E-state index in [1.54, 1.807) is 12.4 Å². The Morgan fingerprint density at radius 3 is 2.67 bits per heavy atom. The molecule has 2 aromatic heterocycles. The summed E-state index contributed by atoms with van der Waals surface area (Å²) >= 11 is 0. The number of aryl methyl sites for hydroxylation is 2. The summed E-state index contributed by atoms with van der Waals surface area (Å²) in [4.78, 5) is 8.60. The lowest BCUT2D eigenvalue weighted by Gasteiger charge is -2.07. The number of pyridine rings is 1. The van der Waals surface area contributed by atoms with Crippen molar-refractivity contribution in [3.05, 3.63) is 71.6 Å². The molecule has 0 saturated heterocycles. The molecule has 0 radical (unpaired) electrons. The molecule has 0 aliphatic rings. The second-order valence-electron chi connectivity index (χ2n) is 5.91. The second-order valence-corrected chi connectivity index (χ2v) is 5.91. The van der Waals surface area contributed by atoms with E-state index in [4.69, 9.17) is 0 Å². The predicted molar refractivity (Wildman–Crippen MR) is 87.0 cm³/mol. The molecule has 0 bridgehead atoms. The summed E-state index contributed by atoms with van der Waals surface area (Å²) in [5.74, 6) is 0.275. The largest absolute Gasteiger partial charge is 0.264 e. The molecule has 4 nitrogen and oxygen atoms in total. The summed E-state index contributed by atoms with van der Waals surface area (Å²) in [5, 5.41) is 4.38. The molecule has 3 rings (SSSR count). The molecular weight excluding hydrogens is 310 g/mol. The number of benzene rings is 1. The third-order valence-corrected chi connectivity index (χ3v) is 3.70. The minimum atomic E-state index is -0.528. The zero-order valence-corrected chi connectivity index (χ0v) is 13.6. The number of nitrogens with zero attached hydrogens (tertiary/aromatic N) is 4. The molecule has 0 N–H and O–H groups in total. The molecule has 0 aliphatic carbocycles. The van der Waals surface area contributed by atoms with Crippen LogP contribution in [0.25, 0.3) is 5.69 Å². The number of halogens is 2. The molecule has 24 heavy (non-hydrogen) atoms. The van der Waals surface area contributed by atoms with Crippen LogP contribution in [0, 0.1) is 11.6 Å². The summed E-state index contributed by atoms with van der Waals surface area (Å²) in [6, 6.07) is 7.17. The summed E-state index contributed by atoms with van der Waals surface area (Å²) in [6.45, 7) is 3.93. The van der Waals surface area contributed by atoms with Crippen molar-refractivity contribution in [3.63, 3.8) is 0 Å². The molecule has 0 saturated carbocycles. The van der Waals surface area contributed by atoms with E-state index in [2.05, 4.69) is 15.1 Å². The Balaban J connectivity index is 1.97. The van der Waals surface area contributed by atoms with Gasteiger partial charge in [0.05, 0.1) is 0 Å². The van der Waals surface area contributed by atoms with E-state index in [0.29, 0.717) is 24.5 Å². The van der Waals surface area contributed by atoms with Crippen molar-refractivity contribution in [1.82, 2.24) is 19.7 Å². The number of hydrogen-bond acceptors (Lipinski definition) is 3. The van der Waals surface area contributed by atoms with Crippen molar-refractivity contribution in [2.45, 2.75) is 32.6 Å². The van der Waals surface area contributed by atoms with E-state index in [1.807, 2.05) is 26.0 Å². The first-order valence-electron chi connectivity index (χ1n) is 7.84. The smallest absolute Gasteiger partial charge is 0.153 e. The molecule has 6 heteroatoms. The summed E-state index contributed by atoms with van der Waals surface area (Å²) in [7, 11) is 0. The molecule has 124 valence electrons. The molecule has 2 heterocycles. The Bertz CT molecular complexity index is 828. The van der Waals surface area contributed by atoms with Crippen molar-refractivity contribution in [3.8, 4) is 5.69 Å². The molecule has 1 aromatic carbocycles. The van der Waals surface area contributed by atoms with Gasteiger partial charge in [0, 0.05) is 30.8 Å². The quantitative estimate of drug-likeness (QED) is 0.714. The molecule has 0 aliphatic heterocycles. The van der Waals surface area contributed by atoms with Gasteiger partial charge in [-0.15, -0.1) is 0 Å². The predicted octanol–water partition coefficient (Wildman–Crippen LogP) is 3.85. The maximum atomic E-state index is 14.1. The van der Waals surface area contributed by atoms with Crippen LogP contribution in [-0.4, -0.2) is 19.7 Å². The van der Waals surface area contributed by atoms with Crippen LogP contribution in [0.1, 0.15) is 37.0 Å². The van der Waals surface area contributed by atoms with Gasteiger partial charge in [-0.05, 0) is 30.2 Å². The first kappa shape index (κ1) is 16.2. The van der Waals surface area contributed by atoms with Crippen LogP contribution in [0.4, 0.5) is 8.78 Å². The lowest BCUT2D eigenvalue weighted by Crippen LogP contribution is -2.07. The van der Waals surface area contributed by atoms with Crippen molar-refractivity contribution in [2.75, 3.05) is 0 Å². The first-order chi connectivity index (χ1) is 11.5. The van der Waals surface area contributed by atoms with Gasteiger partial charge >= 0.3 is 0 Å². The summed E-state index contributed by atoms with van der Waals surface area (Å²) in [5.41, 5.74) is 1.13. The van der Waals surface area contributed by atoms with E-state index in [9.17, 15) is 8.78 Å². The second kappa shape index (κ2) is 6.86. The third kappa shape index (κ3) is 3.48. The number of hydrogen-bond donors (Lipinski definition) is 0. The van der Waals surface area contributed by atoms with E-state index in [0.717, 1.165) is 23.8 Å². The van der Waals surface area contributed by atoms with Crippen LogP contribution in [0.5, 0.6) is 0 Å². The number of aromatic nitrogens is 4. The SMILES string of the molecule is CC(C)c1nc(CCc2cccnc2)n(-c2cc(F)ccc2F)n1. The standard InChI is InChI=1S/C18H18F2N4/c1-12(2)18-22-17(8-5-13-4-3-9-21-11-13)24(23-18)16-10-14(19)6-7-15(16)20/h3-4,6-7,9-12H,5,8H2,1-2H3. The van der Waals surface area contributed by atoms with Gasteiger partial charge in [0.15, 0.2) is 5.82 Å². The minimum absolute atomic E-state index is 0.0792. The van der Waals surface area contributed by atoms with Gasteiger partial charge in [0.1, 0.15) is 23.1 Å². The topological polar surface area (TPSA) is 43.6 Å². The normalized spacial score (nSPS) is 11.2. The summed E-state index contributed by atoms with van der Waals surface area (Å²) in [6.07, 6.45) is 4.75. The highest BCUT2D eigenvalue weighted by Crippen LogP contribution is 2.19. The highest BCUT2D eigenvalue weighted by atomic mass is 19.1. The fourth-order valence-corrected chi connectivity index (χ4v) is 2.41. The van der Waals surface area contributed by atoms with Crippen LogP contribution in [0.15, 0.2) is 42.7 Å². The Hall–Kier alpha value is -2.63. The molecular formula is C18H18F2N4. The third-order valence-electron chi connectivity index (χ3n) is 3.70. The highest BCUT2D eigenvalue weighted by molar-refractivity contribution is 5.34. The van der Waals surface area contributed by atoms with Gasteiger partial charge in [-0.2, -0.15) is 5.10 Å². The zero-order valence-electron chi connectivity index (χ0n) is 13.6. The van der Waals surface area contributed by atoms with Crippen LogP contribution < -0.4 is 0 Å². The minimum Gasteiger partial charge on any atom is -0.264 e. The number of rotatable bonds is 5. The highest BCUT2D eigenvalue weighted by Gasteiger charge is 2.17. The fourth-order valence-electron chi connectivity index (χ4n) is 2.41. The van der Waals surface area contributed by atoms with Crippen LogP contribution in [-0.2, 0) is 12.8 Å². The molecule has 0 fully saturated rings. The summed E-state index contributed by atoms with van der Waals surface area (Å²) < 4.78 is 29.1. The maximum Gasteiger partial charge on any atom is 0.153 e. The van der Waals surface area contributed by atoms with Gasteiger partial charge in [-0.3, -0.25) is 4.98 Å². The van der Waals surface area contributed by atoms with Gasteiger partial charge in [0.2, 0.25) is 0 Å². The molecule has 0 unspecified atom stereocenters. The Labute approximate surface area is 139 Å². The monoisotopic (exact) mass is 328 g/mol. The van der Waals surface area contributed by atoms with Gasteiger partial charge in [-0.1, -0.05) is 19.9 Å². The zero-order chi connectivity index (χ0) is 17.1. The molecule has 0 spiro atoms. The van der Waals surface area contributed by atoms with Gasteiger partial charge in [-0.25, -0.2) is 18.4 Å². The van der Waals surface area contributed by atoms with Crippen LogP contribution in [0.2, 0.25) is 0 Å². The lowest BCUT2D eigenvalue weighted by atomic mass is 10.1. The van der Waals surface area contributed by atoms with E-state index < -0.39 is 11.6 Å². The maximum absolute atomic E-state index is 14.1. The molecule has 3 aromatic rings. The Kier molecular flexibility index (Phi) is 4.64. The van der Waals surface area contributed by atoms with Crippen molar-refractivity contribution in [1.29, 1.82) is 0 Å². The van der Waals surface area contributed by atoms with Crippen LogP contribution in [0.3, 0.4) is 0 Å². The fraction of sp³-hybridized carbons (Fsp3) is 0.278. The van der Waals surface area contributed by atoms with Gasteiger partial charge in [0.25, 0.3) is 0 Å². The first-order valence-corrected chi connectivity index (χ1v) is 7.84. The lowest BCUT2D eigenvalue weighted by molar-refractivity contribution is 0.581. The van der Waals surface area contributed by atoms with Crippen molar-refractivity contribution >= 4 is 0 Å². The van der Waals surface area contributed by atoms with Crippen molar-refractivity contribution < 1.29 is 8.78 Å². The van der Waals surface area contributed by atoms with Gasteiger partial charge < -0.3 is 0 Å².